The minimum Gasteiger partial charge on any atom is -0.490 e. The van der Waals surface area contributed by atoms with Gasteiger partial charge in [-0.1, -0.05) is 6.92 Å². The number of urea groups is 1. The molecular formula is C20H25N3O5. The number of amides is 4. The summed E-state index contributed by atoms with van der Waals surface area (Å²) in [7, 11) is 0. The predicted octanol–water partition coefficient (Wildman–Crippen LogP) is 2.29. The molecule has 2 N–H and O–H groups in total. The molecule has 8 nitrogen and oxygen atoms in total. The van der Waals surface area contributed by atoms with Gasteiger partial charge in [0.25, 0.3) is 5.91 Å². The van der Waals surface area contributed by atoms with Crippen molar-refractivity contribution in [3.63, 3.8) is 0 Å². The van der Waals surface area contributed by atoms with Crippen LogP contribution in [0, 0.1) is 5.92 Å². The number of hydrogen-bond acceptors (Lipinski definition) is 5. The number of fused-ring (bicyclic) bond motifs is 1. The van der Waals surface area contributed by atoms with Crippen LogP contribution in [0.4, 0.5) is 10.5 Å². The van der Waals surface area contributed by atoms with Crippen molar-refractivity contribution in [3.05, 3.63) is 18.2 Å². The van der Waals surface area contributed by atoms with Gasteiger partial charge in [-0.2, -0.15) is 0 Å². The molecular weight excluding hydrogens is 362 g/mol. The molecule has 0 unspecified atom stereocenters. The van der Waals surface area contributed by atoms with E-state index in [0.717, 1.165) is 24.2 Å². The van der Waals surface area contributed by atoms with Gasteiger partial charge in [-0.3, -0.25) is 14.5 Å². The average molecular weight is 387 g/mol. The van der Waals surface area contributed by atoms with Crippen LogP contribution in [0.3, 0.4) is 0 Å². The van der Waals surface area contributed by atoms with Gasteiger partial charge in [-0.15, -0.1) is 0 Å². The molecule has 28 heavy (non-hydrogen) atoms. The Morgan fingerprint density at radius 2 is 1.93 bits per heavy atom. The molecule has 150 valence electrons. The molecule has 3 aliphatic rings. The maximum atomic E-state index is 12.8. The Morgan fingerprint density at radius 3 is 2.68 bits per heavy atom. The van der Waals surface area contributed by atoms with Crippen molar-refractivity contribution in [2.75, 3.05) is 25.1 Å². The molecule has 1 aromatic carbocycles. The summed E-state index contributed by atoms with van der Waals surface area (Å²) in [5, 5.41) is 5.56. The van der Waals surface area contributed by atoms with E-state index in [2.05, 4.69) is 17.6 Å². The van der Waals surface area contributed by atoms with E-state index in [0.29, 0.717) is 49.2 Å². The highest BCUT2D eigenvalue weighted by Crippen LogP contribution is 2.36. The monoisotopic (exact) mass is 387 g/mol. The number of rotatable bonds is 3. The van der Waals surface area contributed by atoms with Gasteiger partial charge < -0.3 is 20.1 Å². The largest absolute Gasteiger partial charge is 0.490 e. The lowest BCUT2D eigenvalue weighted by Gasteiger charge is -2.33. The van der Waals surface area contributed by atoms with E-state index in [-0.39, 0.29) is 12.5 Å². The summed E-state index contributed by atoms with van der Waals surface area (Å²) < 4.78 is 11.2. The van der Waals surface area contributed by atoms with Crippen molar-refractivity contribution >= 4 is 23.5 Å². The number of carbonyl (C=O) groups is 3. The van der Waals surface area contributed by atoms with E-state index in [1.54, 1.807) is 18.2 Å². The zero-order chi connectivity index (χ0) is 19.7. The first-order valence-electron chi connectivity index (χ1n) is 9.80. The van der Waals surface area contributed by atoms with Crippen LogP contribution in [-0.2, 0) is 9.59 Å². The zero-order valence-corrected chi connectivity index (χ0v) is 16.0. The number of ether oxygens (including phenoxy) is 2. The third kappa shape index (κ3) is 3.50. The molecule has 2 aliphatic heterocycles. The fourth-order valence-electron chi connectivity index (χ4n) is 4.00. The number of nitrogens with one attached hydrogen (secondary N) is 2. The molecule has 8 heteroatoms. The maximum absolute atomic E-state index is 12.8. The van der Waals surface area contributed by atoms with Gasteiger partial charge in [0.05, 0.1) is 13.2 Å². The maximum Gasteiger partial charge on any atom is 0.325 e. The van der Waals surface area contributed by atoms with E-state index < -0.39 is 17.5 Å². The van der Waals surface area contributed by atoms with Gasteiger partial charge in [-0.05, 0) is 43.7 Å². The fraction of sp³-hybridized carbons (Fsp3) is 0.550. The number of carbonyl (C=O) groups excluding carboxylic acids is 3. The van der Waals surface area contributed by atoms with Gasteiger partial charge in [0, 0.05) is 18.2 Å². The highest BCUT2D eigenvalue weighted by atomic mass is 16.5. The van der Waals surface area contributed by atoms with Crippen LogP contribution in [0.1, 0.15) is 39.0 Å². The molecule has 4 rings (SSSR count). The number of hydrogen-bond donors (Lipinski definition) is 2. The second-order valence-electron chi connectivity index (χ2n) is 7.85. The Hall–Kier alpha value is -2.77. The summed E-state index contributed by atoms with van der Waals surface area (Å²) in [6, 6.07) is 4.64. The van der Waals surface area contributed by atoms with Crippen molar-refractivity contribution in [3.8, 4) is 11.5 Å². The molecule has 1 saturated heterocycles. The summed E-state index contributed by atoms with van der Waals surface area (Å²) in [6.45, 7) is 2.98. The predicted molar refractivity (Wildman–Crippen MR) is 101 cm³/mol. The van der Waals surface area contributed by atoms with Crippen LogP contribution in [0.25, 0.3) is 0 Å². The normalized spacial score (nSPS) is 26.8. The van der Waals surface area contributed by atoms with Crippen LogP contribution in [0.2, 0.25) is 0 Å². The smallest absolute Gasteiger partial charge is 0.325 e. The molecule has 1 aromatic rings. The number of benzene rings is 1. The molecule has 2 fully saturated rings. The number of anilines is 1. The molecule has 0 atom stereocenters. The second kappa shape index (κ2) is 7.33. The molecule has 0 radical (unpaired) electrons. The third-order valence-electron chi connectivity index (χ3n) is 5.71. The summed E-state index contributed by atoms with van der Waals surface area (Å²) in [4.78, 5) is 38.7. The standard InChI is InChI=1S/C20H25N3O5/c1-13-5-7-20(8-6-13)18(25)23(19(26)22-20)12-17(24)21-14-3-4-15-16(11-14)28-10-2-9-27-15/h3-4,11,13H,2,5-10,12H2,1H3,(H,21,24)(H,22,26). The molecule has 0 bridgehead atoms. The summed E-state index contributed by atoms with van der Waals surface area (Å²) in [5.74, 6) is 1.03. The molecule has 1 aliphatic carbocycles. The van der Waals surface area contributed by atoms with Gasteiger partial charge in [-0.25, -0.2) is 4.79 Å². The van der Waals surface area contributed by atoms with Gasteiger partial charge in [0.1, 0.15) is 12.1 Å². The Balaban J connectivity index is 1.40. The number of nitrogens with zero attached hydrogens (tertiary/aromatic N) is 1. The lowest BCUT2D eigenvalue weighted by Crippen LogP contribution is -2.49. The van der Waals surface area contributed by atoms with E-state index in [9.17, 15) is 14.4 Å². The third-order valence-corrected chi connectivity index (χ3v) is 5.71. The van der Waals surface area contributed by atoms with E-state index in [1.165, 1.54) is 0 Å². The quantitative estimate of drug-likeness (QED) is 0.776. The summed E-state index contributed by atoms with van der Waals surface area (Å²) in [6.07, 6.45) is 3.83. The van der Waals surface area contributed by atoms with E-state index >= 15 is 0 Å². The van der Waals surface area contributed by atoms with Gasteiger partial charge >= 0.3 is 6.03 Å². The minimum absolute atomic E-state index is 0.293. The molecule has 4 amide bonds. The lowest BCUT2D eigenvalue weighted by molar-refractivity contribution is -0.135. The fourth-order valence-corrected chi connectivity index (χ4v) is 4.00. The summed E-state index contributed by atoms with van der Waals surface area (Å²) >= 11 is 0. The molecule has 1 saturated carbocycles. The van der Waals surface area contributed by atoms with Crippen LogP contribution in [0.15, 0.2) is 18.2 Å². The average Bonchev–Trinajstić information content (AvgIpc) is 2.84. The van der Waals surface area contributed by atoms with Crippen molar-refractivity contribution in [1.29, 1.82) is 0 Å². The van der Waals surface area contributed by atoms with E-state index in [1.807, 2.05) is 0 Å². The Kier molecular flexibility index (Phi) is 4.87. The van der Waals surface area contributed by atoms with E-state index in [4.69, 9.17) is 9.47 Å². The first-order chi connectivity index (χ1) is 13.5. The van der Waals surface area contributed by atoms with Crippen molar-refractivity contribution < 1.29 is 23.9 Å². The molecule has 0 aromatic heterocycles. The number of imide groups is 1. The minimum atomic E-state index is -0.834. The Labute approximate surface area is 163 Å². The van der Waals surface area contributed by atoms with Crippen LogP contribution >= 0.6 is 0 Å². The highest BCUT2D eigenvalue weighted by Gasteiger charge is 2.52. The van der Waals surface area contributed by atoms with Crippen LogP contribution in [-0.4, -0.2) is 48.0 Å². The topological polar surface area (TPSA) is 97.0 Å². The molecule has 2 heterocycles. The van der Waals surface area contributed by atoms with Gasteiger partial charge in [0.15, 0.2) is 11.5 Å². The second-order valence-corrected chi connectivity index (χ2v) is 7.85. The van der Waals surface area contributed by atoms with Crippen molar-refractivity contribution in [2.24, 2.45) is 5.92 Å². The van der Waals surface area contributed by atoms with Crippen LogP contribution in [0.5, 0.6) is 11.5 Å². The Morgan fingerprint density at radius 1 is 1.21 bits per heavy atom. The summed E-state index contributed by atoms with van der Waals surface area (Å²) in [5.41, 5.74) is -0.304. The molecule has 1 spiro atoms. The lowest BCUT2D eigenvalue weighted by atomic mass is 9.77. The van der Waals surface area contributed by atoms with Gasteiger partial charge in [0.2, 0.25) is 5.91 Å². The van der Waals surface area contributed by atoms with Crippen molar-refractivity contribution in [1.82, 2.24) is 10.2 Å². The SMILES string of the molecule is CC1CCC2(CC1)NC(=O)N(CC(=O)Nc1ccc3c(c1)OCCCO3)C2=O. The first-order valence-corrected chi connectivity index (χ1v) is 9.80. The van der Waals surface area contributed by atoms with Crippen molar-refractivity contribution in [2.45, 2.75) is 44.6 Å². The Bertz CT molecular complexity index is 801. The van der Waals surface area contributed by atoms with Crippen LogP contribution < -0.4 is 20.1 Å². The highest BCUT2D eigenvalue weighted by molar-refractivity contribution is 6.10. The zero-order valence-electron chi connectivity index (χ0n) is 16.0. The first kappa shape index (κ1) is 18.6.